The summed E-state index contributed by atoms with van der Waals surface area (Å²) in [5, 5.41) is 2.45. The van der Waals surface area contributed by atoms with Gasteiger partial charge in [0.25, 0.3) is 0 Å². The minimum atomic E-state index is -0.583. The summed E-state index contributed by atoms with van der Waals surface area (Å²) >= 11 is 0. The molecule has 0 saturated carbocycles. The molecule has 1 heteroatoms. The van der Waals surface area contributed by atoms with E-state index < -0.39 is 5.54 Å². The quantitative estimate of drug-likeness (QED) is 0.127. The summed E-state index contributed by atoms with van der Waals surface area (Å²) in [4.78, 5) is 0. The highest BCUT2D eigenvalue weighted by atomic mass is 15.1. The third-order valence-corrected chi connectivity index (χ3v) is 10.6. The lowest BCUT2D eigenvalue weighted by Gasteiger charge is -2.37. The van der Waals surface area contributed by atoms with Crippen LogP contribution in [0.3, 0.4) is 0 Å². The fourth-order valence-corrected chi connectivity index (χ4v) is 8.20. The second-order valence-corrected chi connectivity index (χ2v) is 13.6. The SMILES string of the molecule is C=C/C=C\C(CC)(/C(=C\C)c1ccccc1)n1c2c(-c3ccccc3)cc(-c3ccccc3)cc2c2cc(-c3ccccc3)cc(-c3ccccc3)c21. The van der Waals surface area contributed by atoms with Gasteiger partial charge in [-0.1, -0.05) is 189 Å². The lowest BCUT2D eigenvalue weighted by atomic mass is 9.80. The van der Waals surface area contributed by atoms with Crippen LogP contribution in [0.15, 0.2) is 207 Å². The molecule has 1 heterocycles. The number of rotatable bonds is 10. The minimum absolute atomic E-state index is 0.583. The van der Waals surface area contributed by atoms with Crippen molar-refractivity contribution in [2.24, 2.45) is 0 Å². The largest absolute Gasteiger partial charge is 0.325 e. The van der Waals surface area contributed by atoms with Crippen molar-refractivity contribution in [1.29, 1.82) is 0 Å². The Morgan fingerprint density at radius 2 is 0.925 bits per heavy atom. The van der Waals surface area contributed by atoms with Gasteiger partial charge in [-0.25, -0.2) is 0 Å². The summed E-state index contributed by atoms with van der Waals surface area (Å²) in [6, 6.07) is 63.9. The predicted octanol–water partition coefficient (Wildman–Crippen LogP) is 14.4. The summed E-state index contributed by atoms with van der Waals surface area (Å²) in [7, 11) is 0. The first-order valence-corrected chi connectivity index (χ1v) is 18.6. The molecule has 0 aliphatic heterocycles. The number of allylic oxidation sites excluding steroid dienone is 5. The molecule has 8 rings (SSSR count). The Balaban J connectivity index is 1.66. The first-order chi connectivity index (χ1) is 26.2. The van der Waals surface area contributed by atoms with Crippen LogP contribution in [0.4, 0.5) is 0 Å². The zero-order valence-corrected chi connectivity index (χ0v) is 30.4. The molecule has 0 saturated heterocycles. The van der Waals surface area contributed by atoms with Gasteiger partial charge in [0.05, 0.1) is 16.6 Å². The van der Waals surface area contributed by atoms with Gasteiger partial charge in [0, 0.05) is 21.9 Å². The van der Waals surface area contributed by atoms with Crippen LogP contribution in [0.25, 0.3) is 71.9 Å². The van der Waals surface area contributed by atoms with E-state index >= 15 is 0 Å². The van der Waals surface area contributed by atoms with Crippen molar-refractivity contribution in [1.82, 2.24) is 4.57 Å². The van der Waals surface area contributed by atoms with Crippen LogP contribution in [0.1, 0.15) is 25.8 Å². The van der Waals surface area contributed by atoms with E-state index in [0.717, 1.165) is 6.42 Å². The monoisotopic (exact) mass is 681 g/mol. The minimum Gasteiger partial charge on any atom is -0.325 e. The Morgan fingerprint density at radius 1 is 0.528 bits per heavy atom. The van der Waals surface area contributed by atoms with Crippen LogP contribution in [0.5, 0.6) is 0 Å². The molecule has 0 radical (unpaired) electrons. The van der Waals surface area contributed by atoms with Gasteiger partial charge in [0.1, 0.15) is 0 Å². The fraction of sp³-hybridized carbons (Fsp3) is 0.0769. The van der Waals surface area contributed by atoms with E-state index in [9.17, 15) is 0 Å². The molecule has 1 atom stereocenters. The third kappa shape index (κ3) is 6.05. The number of hydrogen-bond acceptors (Lipinski definition) is 0. The Kier molecular flexibility index (Phi) is 9.32. The Morgan fingerprint density at radius 3 is 1.30 bits per heavy atom. The number of aromatic nitrogens is 1. The molecule has 8 aromatic rings. The summed E-state index contributed by atoms with van der Waals surface area (Å²) < 4.78 is 2.67. The van der Waals surface area contributed by atoms with Gasteiger partial charge in [0.15, 0.2) is 0 Å². The van der Waals surface area contributed by atoms with Gasteiger partial charge in [0.2, 0.25) is 0 Å². The van der Waals surface area contributed by atoms with Crippen molar-refractivity contribution in [2.75, 3.05) is 0 Å². The lowest BCUT2D eigenvalue weighted by molar-refractivity contribution is 0.495. The van der Waals surface area contributed by atoms with Gasteiger partial charge in [-0.05, 0) is 82.1 Å². The fourth-order valence-electron chi connectivity index (χ4n) is 8.20. The van der Waals surface area contributed by atoms with Gasteiger partial charge in [-0.2, -0.15) is 0 Å². The molecule has 0 bridgehead atoms. The molecule has 256 valence electrons. The van der Waals surface area contributed by atoms with E-state index in [1.165, 1.54) is 77.5 Å². The zero-order chi connectivity index (χ0) is 36.2. The standard InChI is InChI=1S/C52H43N/c1-4-7-33-52(6-3,49(5-2)42-31-21-12-22-32-42)53-50-45(40-27-17-10-18-28-40)34-43(38-23-13-8-14-24-38)36-47(50)48-37-44(39-25-15-9-16-26-39)35-46(51(48)53)41-29-19-11-20-30-41/h4-5,7-37H,1,6H2,2-3H3/b33-7-,49-5-. The third-order valence-electron chi connectivity index (χ3n) is 10.6. The molecule has 53 heavy (non-hydrogen) atoms. The normalized spacial score (nSPS) is 13.1. The molecule has 0 aliphatic rings. The Bertz CT molecular complexity index is 2440. The summed E-state index contributed by atoms with van der Waals surface area (Å²) in [5.41, 5.74) is 13.8. The second kappa shape index (κ2) is 14.7. The average Bonchev–Trinajstić information content (AvgIpc) is 3.58. The van der Waals surface area contributed by atoms with Crippen molar-refractivity contribution in [3.63, 3.8) is 0 Å². The summed E-state index contributed by atoms with van der Waals surface area (Å²) in [5.74, 6) is 0. The highest BCUT2D eigenvalue weighted by Gasteiger charge is 2.37. The maximum Gasteiger partial charge on any atom is 0.0889 e. The van der Waals surface area contributed by atoms with E-state index in [4.69, 9.17) is 0 Å². The topological polar surface area (TPSA) is 4.93 Å². The molecule has 0 N–H and O–H groups in total. The second-order valence-electron chi connectivity index (χ2n) is 13.6. The van der Waals surface area contributed by atoms with Gasteiger partial charge >= 0.3 is 0 Å². The number of benzene rings is 7. The molecular formula is C52H43N. The summed E-state index contributed by atoms with van der Waals surface area (Å²) in [6.45, 7) is 8.67. The van der Waals surface area contributed by atoms with Crippen LogP contribution in [-0.4, -0.2) is 4.57 Å². The molecule has 0 amide bonds. The molecule has 1 unspecified atom stereocenters. The summed E-state index contributed by atoms with van der Waals surface area (Å²) in [6.07, 6.45) is 9.54. The average molecular weight is 682 g/mol. The van der Waals surface area contributed by atoms with E-state index in [1.807, 2.05) is 6.08 Å². The van der Waals surface area contributed by atoms with E-state index in [2.05, 4.69) is 219 Å². The van der Waals surface area contributed by atoms with Crippen molar-refractivity contribution in [3.05, 3.63) is 212 Å². The molecule has 1 nitrogen and oxygen atoms in total. The first-order valence-electron chi connectivity index (χ1n) is 18.6. The van der Waals surface area contributed by atoms with Crippen LogP contribution in [0.2, 0.25) is 0 Å². The number of nitrogens with zero attached hydrogens (tertiary/aromatic N) is 1. The van der Waals surface area contributed by atoms with Crippen LogP contribution >= 0.6 is 0 Å². The lowest BCUT2D eigenvalue weighted by Crippen LogP contribution is -2.32. The number of fused-ring (bicyclic) bond motifs is 3. The van der Waals surface area contributed by atoms with Crippen LogP contribution in [-0.2, 0) is 5.54 Å². The molecule has 0 spiro atoms. The maximum atomic E-state index is 4.17. The number of hydrogen-bond donors (Lipinski definition) is 0. The van der Waals surface area contributed by atoms with Gasteiger partial charge in [-0.3, -0.25) is 0 Å². The molecule has 0 fully saturated rings. The van der Waals surface area contributed by atoms with Crippen molar-refractivity contribution < 1.29 is 0 Å². The Labute approximate surface area is 313 Å². The van der Waals surface area contributed by atoms with Crippen molar-refractivity contribution in [3.8, 4) is 44.5 Å². The van der Waals surface area contributed by atoms with Crippen LogP contribution in [0, 0.1) is 0 Å². The highest BCUT2D eigenvalue weighted by molar-refractivity contribution is 6.19. The first kappa shape index (κ1) is 33.7. The molecule has 0 aliphatic carbocycles. The molecule has 7 aromatic carbocycles. The highest BCUT2D eigenvalue weighted by Crippen LogP contribution is 2.51. The smallest absolute Gasteiger partial charge is 0.0889 e. The van der Waals surface area contributed by atoms with Crippen molar-refractivity contribution >= 4 is 27.4 Å². The maximum absolute atomic E-state index is 4.17. The zero-order valence-electron chi connectivity index (χ0n) is 30.4. The van der Waals surface area contributed by atoms with Crippen molar-refractivity contribution in [2.45, 2.75) is 25.8 Å². The van der Waals surface area contributed by atoms with E-state index in [1.54, 1.807) is 0 Å². The van der Waals surface area contributed by atoms with E-state index in [-0.39, 0.29) is 0 Å². The van der Waals surface area contributed by atoms with Gasteiger partial charge in [-0.15, -0.1) is 0 Å². The molecule has 1 aromatic heterocycles. The molecular weight excluding hydrogens is 639 g/mol. The predicted molar refractivity (Wildman–Crippen MR) is 229 cm³/mol. The van der Waals surface area contributed by atoms with Crippen LogP contribution < -0.4 is 0 Å². The van der Waals surface area contributed by atoms with Gasteiger partial charge < -0.3 is 4.57 Å². The van der Waals surface area contributed by atoms with E-state index in [0.29, 0.717) is 0 Å². The Hall–Kier alpha value is -6.44.